The maximum atomic E-state index is 6.55. The molecule has 0 saturated carbocycles. The van der Waals surface area contributed by atoms with Gasteiger partial charge in [-0.25, -0.2) is 0 Å². The van der Waals surface area contributed by atoms with Gasteiger partial charge in [-0.1, -0.05) is 109 Å². The van der Waals surface area contributed by atoms with Crippen LogP contribution in [0.15, 0.2) is 192 Å². The van der Waals surface area contributed by atoms with E-state index in [1.165, 1.54) is 49.0 Å². The van der Waals surface area contributed by atoms with Crippen LogP contribution in [0, 0.1) is 0 Å². The third-order valence-corrected chi connectivity index (χ3v) is 11.2. The number of rotatable bonds is 4. The Morgan fingerprint density at radius 3 is 1.54 bits per heavy atom. The molecule has 0 saturated heterocycles. The summed E-state index contributed by atoms with van der Waals surface area (Å²) in [5.41, 5.74) is 13.4. The molecule has 0 spiro atoms. The molecule has 0 N–H and O–H groups in total. The van der Waals surface area contributed by atoms with E-state index in [0.717, 1.165) is 55.8 Å². The quantitative estimate of drug-likeness (QED) is 0.181. The first-order valence-electron chi connectivity index (χ1n) is 18.4. The zero-order valence-corrected chi connectivity index (χ0v) is 29.1. The fraction of sp³-hybridized carbons (Fsp3) is 0. The molecule has 12 aromatic rings. The van der Waals surface area contributed by atoms with Crippen molar-refractivity contribution >= 4 is 76.6 Å². The highest BCUT2D eigenvalue weighted by Gasteiger charge is 2.21. The number of nitrogens with zero attached hydrogens (tertiary/aromatic N) is 3. The molecule has 8 aromatic carbocycles. The molecular weight excluding hydrogens is 659 g/mol. The highest BCUT2D eigenvalue weighted by molar-refractivity contribution is 6.20. The summed E-state index contributed by atoms with van der Waals surface area (Å²) in [5.74, 6) is 0. The summed E-state index contributed by atoms with van der Waals surface area (Å²) >= 11 is 0. The van der Waals surface area contributed by atoms with Crippen LogP contribution in [0.25, 0.3) is 105 Å². The summed E-state index contributed by atoms with van der Waals surface area (Å²) < 4.78 is 13.6. The van der Waals surface area contributed by atoms with Gasteiger partial charge < -0.3 is 13.6 Å². The van der Waals surface area contributed by atoms with Gasteiger partial charge in [0, 0.05) is 49.4 Å². The minimum Gasteiger partial charge on any atom is -0.439 e. The molecule has 0 aliphatic carbocycles. The predicted octanol–water partition coefficient (Wildman–Crippen LogP) is 13.4. The largest absolute Gasteiger partial charge is 0.439 e. The van der Waals surface area contributed by atoms with Gasteiger partial charge >= 0.3 is 0 Å². The lowest BCUT2D eigenvalue weighted by atomic mass is 10.0. The molecule has 4 aromatic heterocycles. The van der Waals surface area contributed by atoms with Crippen molar-refractivity contribution in [3.8, 4) is 28.2 Å². The number of aromatic nitrogens is 3. The fourth-order valence-electron chi connectivity index (χ4n) is 8.91. The van der Waals surface area contributed by atoms with Crippen molar-refractivity contribution in [2.45, 2.75) is 0 Å². The van der Waals surface area contributed by atoms with Gasteiger partial charge in [0.15, 0.2) is 0 Å². The molecule has 0 amide bonds. The fourth-order valence-corrected chi connectivity index (χ4v) is 8.91. The van der Waals surface area contributed by atoms with Crippen LogP contribution in [0.5, 0.6) is 0 Å². The Bertz CT molecular complexity index is 3390. The SMILES string of the molecule is c1ccc(-n2c3ccc(-c4cccc(-n5c6ccccc6c6cc(-n7c8ccccc8c8ccccc87)ccc65)c4)cc3c3c4ccccc4oc32)cc1. The van der Waals surface area contributed by atoms with E-state index in [0.29, 0.717) is 0 Å². The molecule has 4 heteroatoms. The topological polar surface area (TPSA) is 27.9 Å². The van der Waals surface area contributed by atoms with Gasteiger partial charge in [-0.05, 0) is 90.0 Å². The Morgan fingerprint density at radius 2 is 0.815 bits per heavy atom. The first-order valence-corrected chi connectivity index (χ1v) is 18.4. The van der Waals surface area contributed by atoms with E-state index in [1.54, 1.807) is 0 Å². The smallest absolute Gasteiger partial charge is 0.213 e. The van der Waals surface area contributed by atoms with Crippen molar-refractivity contribution in [1.82, 2.24) is 13.7 Å². The monoisotopic (exact) mass is 689 g/mol. The Kier molecular flexibility index (Phi) is 6.02. The molecule has 0 aliphatic rings. The minimum atomic E-state index is 0.869. The summed E-state index contributed by atoms with van der Waals surface area (Å²) in [5, 5.41) is 8.45. The average molecular weight is 690 g/mol. The third kappa shape index (κ3) is 4.08. The van der Waals surface area contributed by atoms with Crippen LogP contribution >= 0.6 is 0 Å². The van der Waals surface area contributed by atoms with Gasteiger partial charge in [-0.2, -0.15) is 0 Å². The van der Waals surface area contributed by atoms with E-state index in [9.17, 15) is 0 Å². The van der Waals surface area contributed by atoms with Crippen LogP contribution in [0.4, 0.5) is 0 Å². The molecule has 0 bridgehead atoms. The molecule has 252 valence electrons. The molecule has 0 fully saturated rings. The summed E-state index contributed by atoms with van der Waals surface area (Å²) in [6.07, 6.45) is 0. The predicted molar refractivity (Wildman–Crippen MR) is 225 cm³/mol. The molecule has 0 unspecified atom stereocenters. The minimum absolute atomic E-state index is 0.869. The second-order valence-corrected chi connectivity index (χ2v) is 14.2. The summed E-state index contributed by atoms with van der Waals surface area (Å²) in [7, 11) is 0. The lowest BCUT2D eigenvalue weighted by Crippen LogP contribution is -1.96. The van der Waals surface area contributed by atoms with Gasteiger partial charge in [-0.15, -0.1) is 0 Å². The van der Waals surface area contributed by atoms with Crippen LogP contribution in [0.1, 0.15) is 0 Å². The zero-order chi connectivity index (χ0) is 35.3. The molecule has 54 heavy (non-hydrogen) atoms. The Morgan fingerprint density at radius 1 is 0.296 bits per heavy atom. The van der Waals surface area contributed by atoms with Crippen molar-refractivity contribution in [2.24, 2.45) is 0 Å². The zero-order valence-electron chi connectivity index (χ0n) is 29.1. The molecule has 0 atom stereocenters. The van der Waals surface area contributed by atoms with Crippen LogP contribution in [0.2, 0.25) is 0 Å². The van der Waals surface area contributed by atoms with Crippen molar-refractivity contribution in [2.75, 3.05) is 0 Å². The van der Waals surface area contributed by atoms with Crippen LogP contribution in [0.3, 0.4) is 0 Å². The lowest BCUT2D eigenvalue weighted by Gasteiger charge is -2.12. The molecule has 0 aliphatic heterocycles. The summed E-state index contributed by atoms with van der Waals surface area (Å²) in [4.78, 5) is 0. The van der Waals surface area contributed by atoms with Crippen molar-refractivity contribution in [3.63, 3.8) is 0 Å². The maximum Gasteiger partial charge on any atom is 0.213 e. The average Bonchev–Trinajstić information content (AvgIpc) is 3.96. The first kappa shape index (κ1) is 29.3. The van der Waals surface area contributed by atoms with Gasteiger partial charge in [0.05, 0.1) is 33.0 Å². The van der Waals surface area contributed by atoms with E-state index in [-0.39, 0.29) is 0 Å². The Labute approximate surface area is 309 Å². The highest BCUT2D eigenvalue weighted by Crippen LogP contribution is 2.42. The number of benzene rings is 8. The summed E-state index contributed by atoms with van der Waals surface area (Å²) in [6.45, 7) is 0. The van der Waals surface area contributed by atoms with Crippen molar-refractivity contribution < 1.29 is 4.42 Å². The molecule has 0 radical (unpaired) electrons. The summed E-state index contributed by atoms with van der Waals surface area (Å²) in [6, 6.07) is 67.7. The number of hydrogen-bond donors (Lipinski definition) is 0. The van der Waals surface area contributed by atoms with Gasteiger partial charge in [-0.3, -0.25) is 4.57 Å². The molecular formula is C50H31N3O. The van der Waals surface area contributed by atoms with E-state index < -0.39 is 0 Å². The van der Waals surface area contributed by atoms with Crippen molar-refractivity contribution in [1.29, 1.82) is 0 Å². The van der Waals surface area contributed by atoms with Crippen molar-refractivity contribution in [3.05, 3.63) is 188 Å². The highest BCUT2D eigenvalue weighted by atomic mass is 16.3. The third-order valence-electron chi connectivity index (χ3n) is 11.2. The lowest BCUT2D eigenvalue weighted by molar-refractivity contribution is 0.645. The number of para-hydroxylation sites is 5. The van der Waals surface area contributed by atoms with Gasteiger partial charge in [0.1, 0.15) is 5.58 Å². The van der Waals surface area contributed by atoms with E-state index >= 15 is 0 Å². The molecule has 4 heterocycles. The maximum absolute atomic E-state index is 6.55. The Balaban J connectivity index is 1.05. The standard InChI is InChI=1S/C50H31N3O/c1-2-14-34(15-3-1)53-47-27-25-33(30-42(47)49-40-20-7-11-24-48(40)54-50(49)53)32-13-12-16-35(29-32)51-45-23-10-6-19-39(45)41-31-36(26-28-46(41)51)52-43-21-8-4-17-37(43)38-18-5-9-22-44(38)52/h1-31H. The van der Waals surface area contributed by atoms with Gasteiger partial charge in [0.2, 0.25) is 5.71 Å². The van der Waals surface area contributed by atoms with E-state index in [1.807, 2.05) is 6.07 Å². The van der Waals surface area contributed by atoms with Gasteiger partial charge in [0.25, 0.3) is 0 Å². The molecule has 4 nitrogen and oxygen atoms in total. The van der Waals surface area contributed by atoms with Crippen LogP contribution in [-0.4, -0.2) is 13.7 Å². The van der Waals surface area contributed by atoms with E-state index in [2.05, 4.69) is 196 Å². The number of fused-ring (bicyclic) bond motifs is 11. The normalized spacial score (nSPS) is 12.1. The number of furan rings is 1. The van der Waals surface area contributed by atoms with E-state index in [4.69, 9.17) is 4.42 Å². The van der Waals surface area contributed by atoms with Crippen LogP contribution in [-0.2, 0) is 0 Å². The second-order valence-electron chi connectivity index (χ2n) is 14.2. The first-order chi connectivity index (χ1) is 26.8. The van der Waals surface area contributed by atoms with Crippen LogP contribution < -0.4 is 0 Å². The molecule has 12 rings (SSSR count). The Hall–Kier alpha value is -7.30. The number of hydrogen-bond acceptors (Lipinski definition) is 1. The second kappa shape index (κ2) is 11.1.